The highest BCUT2D eigenvalue weighted by molar-refractivity contribution is 7.22. The second kappa shape index (κ2) is 9.36. The van der Waals surface area contributed by atoms with Crippen molar-refractivity contribution >= 4 is 44.9 Å². The first kappa shape index (κ1) is 20.5. The van der Waals surface area contributed by atoms with Crippen molar-refractivity contribution in [2.24, 2.45) is 5.10 Å². The molecule has 0 bridgehead atoms. The van der Waals surface area contributed by atoms with Gasteiger partial charge in [-0.25, -0.2) is 4.98 Å². The monoisotopic (exact) mass is 427 g/mol. The van der Waals surface area contributed by atoms with Gasteiger partial charge in [0.25, 0.3) is 5.91 Å². The molecule has 0 radical (unpaired) electrons. The number of aromatic nitrogens is 1. The van der Waals surface area contributed by atoms with E-state index in [4.69, 9.17) is 4.74 Å². The maximum Gasteiger partial charge on any atom is 0.273 e. The molecule has 3 aromatic carbocycles. The number of amides is 1. The average Bonchev–Trinajstić information content (AvgIpc) is 3.22. The summed E-state index contributed by atoms with van der Waals surface area (Å²) in [5.41, 5.74) is 3.79. The van der Waals surface area contributed by atoms with Crippen LogP contribution in [0.3, 0.4) is 0 Å². The number of methoxy groups -OCH3 is 1. The van der Waals surface area contributed by atoms with Crippen molar-refractivity contribution in [3.05, 3.63) is 95.6 Å². The van der Waals surface area contributed by atoms with Crippen molar-refractivity contribution in [2.45, 2.75) is 6.92 Å². The van der Waals surface area contributed by atoms with E-state index in [0.717, 1.165) is 32.7 Å². The fourth-order valence-electron chi connectivity index (χ4n) is 2.89. The maximum absolute atomic E-state index is 13.1. The summed E-state index contributed by atoms with van der Waals surface area (Å²) in [5.74, 6) is 0.464. The fraction of sp³-hybridized carbons (Fsp3) is 0.0800. The van der Waals surface area contributed by atoms with Crippen LogP contribution in [0.2, 0.25) is 0 Å². The molecular formula is C25H21N3O2S. The normalized spacial score (nSPS) is 11.4. The van der Waals surface area contributed by atoms with Crippen LogP contribution in [0.15, 0.2) is 84.0 Å². The molecule has 4 aromatic rings. The zero-order valence-corrected chi connectivity index (χ0v) is 18.0. The molecule has 31 heavy (non-hydrogen) atoms. The topological polar surface area (TPSA) is 54.8 Å². The number of anilines is 1. The second-order valence-electron chi connectivity index (χ2n) is 6.88. The predicted molar refractivity (Wildman–Crippen MR) is 128 cm³/mol. The summed E-state index contributed by atoms with van der Waals surface area (Å²) in [6.45, 7) is 2.03. The number of rotatable bonds is 6. The van der Waals surface area contributed by atoms with Crippen LogP contribution in [-0.4, -0.2) is 24.2 Å². The minimum Gasteiger partial charge on any atom is -0.497 e. The van der Waals surface area contributed by atoms with Gasteiger partial charge < -0.3 is 4.74 Å². The van der Waals surface area contributed by atoms with Crippen molar-refractivity contribution in [3.63, 3.8) is 0 Å². The molecule has 0 aliphatic carbocycles. The number of hydrogen-bond acceptors (Lipinski definition) is 5. The zero-order chi connectivity index (χ0) is 21.6. The molecular weight excluding hydrogens is 406 g/mol. The largest absolute Gasteiger partial charge is 0.497 e. The fourth-order valence-corrected chi connectivity index (χ4v) is 3.85. The van der Waals surface area contributed by atoms with Gasteiger partial charge in [0, 0.05) is 6.08 Å². The van der Waals surface area contributed by atoms with Crippen molar-refractivity contribution in [1.29, 1.82) is 0 Å². The van der Waals surface area contributed by atoms with Crippen molar-refractivity contribution < 1.29 is 9.53 Å². The van der Waals surface area contributed by atoms with Gasteiger partial charge in [0.05, 0.1) is 23.5 Å². The molecule has 0 unspecified atom stereocenters. The number of fused-ring (bicyclic) bond motifs is 1. The van der Waals surface area contributed by atoms with Gasteiger partial charge in [0.2, 0.25) is 5.13 Å². The van der Waals surface area contributed by atoms with E-state index >= 15 is 0 Å². The van der Waals surface area contributed by atoms with E-state index in [-0.39, 0.29) is 5.91 Å². The summed E-state index contributed by atoms with van der Waals surface area (Å²) < 4.78 is 6.22. The first-order valence-corrected chi connectivity index (χ1v) is 10.6. The third-order valence-electron chi connectivity index (χ3n) is 4.59. The molecule has 0 aliphatic rings. The molecule has 4 rings (SSSR count). The molecule has 0 fully saturated rings. The number of hydrazone groups is 1. The zero-order valence-electron chi connectivity index (χ0n) is 17.2. The molecule has 1 aromatic heterocycles. The van der Waals surface area contributed by atoms with Gasteiger partial charge in [-0.15, -0.1) is 0 Å². The quantitative estimate of drug-likeness (QED) is 0.225. The Balaban J connectivity index is 1.68. The molecule has 6 heteroatoms. The van der Waals surface area contributed by atoms with Crippen molar-refractivity contribution in [2.75, 3.05) is 12.1 Å². The van der Waals surface area contributed by atoms with E-state index in [1.165, 1.54) is 22.4 Å². The first-order valence-electron chi connectivity index (χ1n) is 9.75. The van der Waals surface area contributed by atoms with Crippen LogP contribution in [0, 0.1) is 6.92 Å². The highest BCUT2D eigenvalue weighted by atomic mass is 32.1. The lowest BCUT2D eigenvalue weighted by atomic mass is 10.2. The third kappa shape index (κ3) is 5.05. The van der Waals surface area contributed by atoms with Gasteiger partial charge >= 0.3 is 0 Å². The molecule has 5 nitrogen and oxygen atoms in total. The lowest BCUT2D eigenvalue weighted by Gasteiger charge is -2.11. The lowest BCUT2D eigenvalue weighted by molar-refractivity contribution is -0.114. The lowest BCUT2D eigenvalue weighted by Crippen LogP contribution is -2.23. The Kier molecular flexibility index (Phi) is 6.19. The molecule has 0 aliphatic heterocycles. The highest BCUT2D eigenvalue weighted by Gasteiger charge is 2.17. The van der Waals surface area contributed by atoms with Gasteiger partial charge in [-0.3, -0.25) is 4.79 Å². The van der Waals surface area contributed by atoms with E-state index in [1.807, 2.05) is 79.7 Å². The van der Waals surface area contributed by atoms with Gasteiger partial charge in [-0.05, 0) is 42.3 Å². The summed E-state index contributed by atoms with van der Waals surface area (Å²) in [4.78, 5) is 17.7. The summed E-state index contributed by atoms with van der Waals surface area (Å²) in [7, 11) is 1.62. The van der Waals surface area contributed by atoms with Gasteiger partial charge in [-0.1, -0.05) is 71.5 Å². The average molecular weight is 428 g/mol. The molecule has 0 N–H and O–H groups in total. The summed E-state index contributed by atoms with van der Waals surface area (Å²) in [5, 5.41) is 6.29. The Morgan fingerprint density at radius 3 is 2.55 bits per heavy atom. The first-order chi connectivity index (χ1) is 15.1. The second-order valence-corrected chi connectivity index (χ2v) is 7.89. The van der Waals surface area contributed by atoms with Crippen molar-refractivity contribution in [3.8, 4) is 5.75 Å². The van der Waals surface area contributed by atoms with Crippen LogP contribution in [-0.2, 0) is 4.79 Å². The molecule has 1 amide bonds. The Morgan fingerprint density at radius 2 is 1.81 bits per heavy atom. The Bertz CT molecular complexity index is 1250. The molecule has 0 saturated heterocycles. The van der Waals surface area contributed by atoms with Gasteiger partial charge in [0.15, 0.2) is 0 Å². The number of carbonyl (C=O) groups excluding carboxylic acids is 1. The van der Waals surface area contributed by atoms with Crippen LogP contribution in [0.25, 0.3) is 16.3 Å². The molecule has 0 saturated carbocycles. The van der Waals surface area contributed by atoms with Gasteiger partial charge in [-0.2, -0.15) is 10.1 Å². The molecule has 0 atom stereocenters. The van der Waals surface area contributed by atoms with Crippen LogP contribution >= 0.6 is 11.3 Å². The Morgan fingerprint density at radius 1 is 1.03 bits per heavy atom. The SMILES string of the molecule is COc1ccc2nc(N(/N=C/c3ccc(C)cc3)C(=O)/C=C/c3ccccc3)sc2c1. The van der Waals surface area contributed by atoms with E-state index < -0.39 is 0 Å². The van der Waals surface area contributed by atoms with Crippen molar-refractivity contribution in [1.82, 2.24) is 4.98 Å². The summed E-state index contributed by atoms with van der Waals surface area (Å²) in [6, 6.07) is 23.2. The van der Waals surface area contributed by atoms with Crippen LogP contribution in [0.4, 0.5) is 5.13 Å². The molecule has 154 valence electrons. The van der Waals surface area contributed by atoms with Crippen LogP contribution in [0.1, 0.15) is 16.7 Å². The number of thiazole rings is 1. The number of benzene rings is 3. The molecule has 0 spiro atoms. The third-order valence-corrected chi connectivity index (χ3v) is 5.59. The minimum absolute atomic E-state index is 0.279. The maximum atomic E-state index is 13.1. The standard InChI is InChI=1S/C25H21N3O2S/c1-18-8-10-20(11-9-18)17-26-28(24(29)15-12-19-6-4-3-5-7-19)25-27-22-14-13-21(30-2)16-23(22)31-25/h3-17H,1-2H3/b15-12+,26-17+. The Hall–Kier alpha value is -3.77. The minimum atomic E-state index is -0.279. The number of hydrogen-bond donors (Lipinski definition) is 0. The highest BCUT2D eigenvalue weighted by Crippen LogP contribution is 2.32. The number of aryl methyl sites for hydroxylation is 1. The Labute approximate surface area is 184 Å². The predicted octanol–water partition coefficient (Wildman–Crippen LogP) is 5.69. The van der Waals surface area contributed by atoms with E-state index in [2.05, 4.69) is 10.1 Å². The summed E-state index contributed by atoms with van der Waals surface area (Å²) in [6.07, 6.45) is 4.95. The van der Waals surface area contributed by atoms with E-state index in [1.54, 1.807) is 19.4 Å². The van der Waals surface area contributed by atoms with Gasteiger partial charge in [0.1, 0.15) is 5.75 Å². The van der Waals surface area contributed by atoms with E-state index in [9.17, 15) is 4.79 Å². The number of carbonyl (C=O) groups is 1. The number of ether oxygens (including phenoxy) is 1. The smallest absolute Gasteiger partial charge is 0.273 e. The number of nitrogens with zero attached hydrogens (tertiary/aromatic N) is 3. The van der Waals surface area contributed by atoms with Crippen LogP contribution < -0.4 is 9.75 Å². The molecule has 1 heterocycles. The van der Waals surface area contributed by atoms with E-state index in [0.29, 0.717) is 5.13 Å². The van der Waals surface area contributed by atoms with Crippen LogP contribution in [0.5, 0.6) is 5.75 Å². The summed E-state index contributed by atoms with van der Waals surface area (Å²) >= 11 is 1.39.